The van der Waals surface area contributed by atoms with E-state index in [9.17, 15) is 25.2 Å². The van der Waals surface area contributed by atoms with Gasteiger partial charge in [0.2, 0.25) is 5.78 Å². The number of hydrogen-bond acceptors (Lipinski definition) is 7. The van der Waals surface area contributed by atoms with Gasteiger partial charge in [-0.3, -0.25) is 9.69 Å². The zero-order valence-electron chi connectivity index (χ0n) is 25.2. The van der Waals surface area contributed by atoms with Gasteiger partial charge in [-0.05, 0) is 107 Å². The second kappa shape index (κ2) is 13.6. The van der Waals surface area contributed by atoms with Gasteiger partial charge >= 0.3 is 0 Å². The molecule has 0 unspecified atom stereocenters. The third kappa shape index (κ3) is 7.20. The van der Waals surface area contributed by atoms with Crippen molar-refractivity contribution in [1.29, 1.82) is 0 Å². The SMILES string of the molecule is CCCN(C[C@H](O)CO)C[C@]1(O)CC[C@H]2c3ccc(cc3C(=O)c3ccc(C)s3)C[C@@H](O)CCC(C)=CCC[C@@]21C. The van der Waals surface area contributed by atoms with Gasteiger partial charge in [-0.15, -0.1) is 11.3 Å². The first kappa shape index (κ1) is 32.1. The summed E-state index contributed by atoms with van der Waals surface area (Å²) in [5, 5.41) is 43.1. The molecule has 2 aromatic rings. The van der Waals surface area contributed by atoms with Crippen molar-refractivity contribution < 1.29 is 25.2 Å². The molecule has 0 amide bonds. The number of allylic oxidation sites excluding steroid dienone is 2. The minimum Gasteiger partial charge on any atom is -0.394 e. The first-order valence-corrected chi connectivity index (χ1v) is 16.1. The fourth-order valence-electron chi connectivity index (χ4n) is 7.16. The predicted molar refractivity (Wildman–Crippen MR) is 166 cm³/mol. The highest BCUT2D eigenvalue weighted by Gasteiger charge is 2.57. The van der Waals surface area contributed by atoms with Crippen LogP contribution in [0, 0.1) is 12.3 Å². The molecule has 226 valence electrons. The zero-order chi connectivity index (χ0) is 29.8. The average Bonchev–Trinajstić information content (AvgIpc) is 3.47. The fraction of sp³-hybridized carbons (Fsp3) is 0.618. The molecule has 2 bridgehead atoms. The molecule has 0 radical (unpaired) electrons. The van der Waals surface area contributed by atoms with Crippen LogP contribution >= 0.6 is 11.3 Å². The number of aryl methyl sites for hydroxylation is 1. The van der Waals surface area contributed by atoms with Crippen molar-refractivity contribution in [3.63, 3.8) is 0 Å². The molecule has 1 heterocycles. The van der Waals surface area contributed by atoms with E-state index in [1.807, 2.05) is 25.1 Å². The number of benzene rings is 1. The van der Waals surface area contributed by atoms with Gasteiger partial charge in [0.25, 0.3) is 0 Å². The molecule has 1 aromatic heterocycles. The first-order chi connectivity index (χ1) is 19.5. The molecular weight excluding hydrogens is 534 g/mol. The van der Waals surface area contributed by atoms with E-state index in [4.69, 9.17) is 0 Å². The lowest BCUT2D eigenvalue weighted by Gasteiger charge is -2.46. The highest BCUT2D eigenvalue weighted by atomic mass is 32.1. The first-order valence-electron chi connectivity index (χ1n) is 15.3. The van der Waals surface area contributed by atoms with E-state index in [-0.39, 0.29) is 18.3 Å². The van der Waals surface area contributed by atoms with Gasteiger partial charge in [0.15, 0.2) is 0 Å². The van der Waals surface area contributed by atoms with Crippen LogP contribution in [-0.4, -0.2) is 75.2 Å². The number of aliphatic hydroxyl groups is 4. The molecule has 1 aromatic carbocycles. The van der Waals surface area contributed by atoms with Gasteiger partial charge in [-0.2, -0.15) is 0 Å². The Morgan fingerprint density at radius 3 is 2.63 bits per heavy atom. The summed E-state index contributed by atoms with van der Waals surface area (Å²) < 4.78 is 0. The Labute approximate surface area is 249 Å². The lowest BCUT2D eigenvalue weighted by molar-refractivity contribution is -0.0891. The molecule has 3 aliphatic rings. The van der Waals surface area contributed by atoms with Crippen molar-refractivity contribution in [3.8, 4) is 0 Å². The number of hydrogen-bond donors (Lipinski definition) is 4. The fourth-order valence-corrected chi connectivity index (χ4v) is 7.98. The summed E-state index contributed by atoms with van der Waals surface area (Å²) in [6.07, 6.45) is 6.69. The molecule has 7 heteroatoms. The van der Waals surface area contributed by atoms with Gasteiger partial charge in [-0.25, -0.2) is 0 Å². The Hall–Kier alpha value is -1.87. The number of ketones is 1. The van der Waals surface area contributed by atoms with Crippen molar-refractivity contribution in [2.75, 3.05) is 26.2 Å². The maximum absolute atomic E-state index is 14.0. The summed E-state index contributed by atoms with van der Waals surface area (Å²) in [5.41, 5.74) is 2.31. The van der Waals surface area contributed by atoms with Gasteiger partial charge in [0.05, 0.1) is 29.3 Å². The lowest BCUT2D eigenvalue weighted by atomic mass is 9.64. The molecule has 5 atom stereocenters. The summed E-state index contributed by atoms with van der Waals surface area (Å²) >= 11 is 1.50. The summed E-state index contributed by atoms with van der Waals surface area (Å²) in [7, 11) is 0. The van der Waals surface area contributed by atoms with Crippen LogP contribution in [0.4, 0.5) is 0 Å². The highest BCUT2D eigenvalue weighted by molar-refractivity contribution is 7.14. The maximum Gasteiger partial charge on any atom is 0.203 e. The minimum atomic E-state index is -1.03. The third-order valence-corrected chi connectivity index (χ3v) is 10.6. The molecule has 1 saturated carbocycles. The van der Waals surface area contributed by atoms with Crippen LogP contribution in [0.25, 0.3) is 0 Å². The largest absolute Gasteiger partial charge is 0.394 e. The molecule has 0 aliphatic heterocycles. The van der Waals surface area contributed by atoms with Gasteiger partial charge in [0, 0.05) is 28.9 Å². The summed E-state index contributed by atoms with van der Waals surface area (Å²) in [6, 6.07) is 10.0. The van der Waals surface area contributed by atoms with Crippen LogP contribution < -0.4 is 0 Å². The van der Waals surface area contributed by atoms with E-state index in [0.29, 0.717) is 42.8 Å². The van der Waals surface area contributed by atoms with Crippen LogP contribution in [-0.2, 0) is 6.42 Å². The van der Waals surface area contributed by atoms with E-state index in [1.54, 1.807) is 0 Å². The van der Waals surface area contributed by atoms with Crippen molar-refractivity contribution >= 4 is 17.1 Å². The van der Waals surface area contributed by atoms with Gasteiger partial charge < -0.3 is 20.4 Å². The molecule has 41 heavy (non-hydrogen) atoms. The number of carbonyl (C=O) groups excluding carboxylic acids is 1. The van der Waals surface area contributed by atoms with E-state index in [0.717, 1.165) is 54.7 Å². The lowest BCUT2D eigenvalue weighted by Crippen LogP contribution is -2.54. The standard InChI is InChI=1S/C34H49NO5S/c1-5-17-35(20-27(38)21-36)22-34(40)16-14-30-28-12-10-25(19-29(28)32(39)31-13-9-24(3)41-31)18-26(37)11-8-23(2)7-6-15-33(30,34)4/h7,9-10,12-13,19,26-27,30,36-38,40H,5-6,8,11,14-18,20-22H2,1-4H3/t26-,27-,30-,33-,34+/m0/s1. The molecule has 0 saturated heterocycles. The number of nitrogens with zero attached hydrogens (tertiary/aromatic N) is 1. The zero-order valence-corrected chi connectivity index (χ0v) is 26.1. The molecule has 4 N–H and O–H groups in total. The minimum absolute atomic E-state index is 0.00809. The van der Waals surface area contributed by atoms with Crippen molar-refractivity contribution in [2.24, 2.45) is 5.41 Å². The Morgan fingerprint density at radius 2 is 1.95 bits per heavy atom. The number of aliphatic hydroxyl groups excluding tert-OH is 3. The topological polar surface area (TPSA) is 101 Å². The normalized spacial score (nSPS) is 27.9. The summed E-state index contributed by atoms with van der Waals surface area (Å²) in [4.78, 5) is 17.9. The van der Waals surface area contributed by atoms with Crippen molar-refractivity contribution in [3.05, 3.63) is 68.4 Å². The maximum atomic E-state index is 14.0. The van der Waals surface area contributed by atoms with Crippen LogP contribution in [0.3, 0.4) is 0 Å². The predicted octanol–water partition coefficient (Wildman–Crippen LogP) is 5.39. The smallest absolute Gasteiger partial charge is 0.203 e. The summed E-state index contributed by atoms with van der Waals surface area (Å²) in [5.74, 6) is -0.0249. The van der Waals surface area contributed by atoms with Crippen LogP contribution in [0.2, 0.25) is 0 Å². The van der Waals surface area contributed by atoms with Gasteiger partial charge in [-0.1, -0.05) is 37.6 Å². The number of rotatable bonds is 9. The third-order valence-electron chi connectivity index (χ3n) is 9.59. The van der Waals surface area contributed by atoms with E-state index >= 15 is 0 Å². The summed E-state index contributed by atoms with van der Waals surface area (Å²) in [6.45, 7) is 9.52. The van der Waals surface area contributed by atoms with Crippen molar-refractivity contribution in [1.82, 2.24) is 4.90 Å². The van der Waals surface area contributed by atoms with Crippen molar-refractivity contribution in [2.45, 2.75) is 103 Å². The molecular formula is C34H49NO5S. The Morgan fingerprint density at radius 1 is 1.17 bits per heavy atom. The second-order valence-corrected chi connectivity index (χ2v) is 14.0. The van der Waals surface area contributed by atoms with Crippen LogP contribution in [0.15, 0.2) is 42.0 Å². The molecule has 6 nitrogen and oxygen atoms in total. The number of carbonyl (C=O) groups is 1. The quantitative estimate of drug-likeness (QED) is 0.233. The highest BCUT2D eigenvalue weighted by Crippen LogP contribution is 2.59. The molecule has 1 fully saturated rings. The van der Waals surface area contributed by atoms with E-state index in [1.165, 1.54) is 16.9 Å². The molecule has 3 aliphatic carbocycles. The van der Waals surface area contributed by atoms with E-state index in [2.05, 4.69) is 43.9 Å². The van der Waals surface area contributed by atoms with Crippen LogP contribution in [0.5, 0.6) is 0 Å². The Bertz CT molecular complexity index is 1220. The second-order valence-electron chi connectivity index (χ2n) is 12.8. The van der Waals surface area contributed by atoms with Gasteiger partial charge in [0.1, 0.15) is 0 Å². The van der Waals surface area contributed by atoms with Crippen LogP contribution in [0.1, 0.15) is 103 Å². The van der Waals surface area contributed by atoms with E-state index < -0.39 is 23.2 Å². The Kier molecular flexibility index (Phi) is 10.6. The Balaban J connectivity index is 1.81. The molecule has 5 rings (SSSR count). The average molecular weight is 584 g/mol. The molecule has 0 spiro atoms. The number of thiophene rings is 1. The number of fused-ring (bicyclic) bond motifs is 8. The monoisotopic (exact) mass is 583 g/mol.